The smallest absolute Gasteiger partial charge is 0.0739 e. The van der Waals surface area contributed by atoms with Crippen LogP contribution in [0.1, 0.15) is 86.5 Å². The summed E-state index contributed by atoms with van der Waals surface area (Å²) >= 11 is 0. The van der Waals surface area contributed by atoms with Crippen LogP contribution in [0, 0.1) is 52.3 Å². The molecule has 0 spiro atoms. The Balaban J connectivity index is 1.63. The topological polar surface area (TPSA) is 60.7 Å². The molecular formula is C29H48O3. The molecule has 0 saturated heterocycles. The van der Waals surface area contributed by atoms with Crippen molar-refractivity contribution < 1.29 is 15.3 Å². The molecule has 182 valence electrons. The van der Waals surface area contributed by atoms with Crippen LogP contribution < -0.4 is 0 Å². The van der Waals surface area contributed by atoms with Crippen molar-refractivity contribution in [3.63, 3.8) is 0 Å². The molecule has 32 heavy (non-hydrogen) atoms. The molecule has 11 atom stereocenters. The van der Waals surface area contributed by atoms with Crippen LogP contribution in [0.3, 0.4) is 0 Å². The fourth-order valence-electron chi connectivity index (χ4n) is 9.44. The molecule has 0 aromatic carbocycles. The van der Waals surface area contributed by atoms with Crippen molar-refractivity contribution in [1.29, 1.82) is 0 Å². The fraction of sp³-hybridized carbons (Fsp3) is 0.862. The predicted octanol–water partition coefficient (Wildman–Crippen LogP) is 5.74. The standard InChI is InChI=1S/C29H48O3/c1-17(2)18(3)8-9-19(4)21-10-11-25-28(21,7)16-24(31)26-27(6)14-13-23(30)20(5)22(27)12-15-29(25,26)32/h8-9,17,19-26,30-32H,3,10-16H2,1-2,4-7H3/b9-8+/t19-,20+,21-,22+,23+,24+,25-,26-,27+,28-,29-/m1/s1. The van der Waals surface area contributed by atoms with Gasteiger partial charge in [0, 0.05) is 5.92 Å². The van der Waals surface area contributed by atoms with Gasteiger partial charge in [0.25, 0.3) is 0 Å². The molecule has 0 amide bonds. The molecule has 4 fully saturated rings. The molecule has 3 N–H and O–H groups in total. The monoisotopic (exact) mass is 444 g/mol. The Labute approximate surface area is 196 Å². The number of hydrogen-bond acceptors (Lipinski definition) is 3. The number of fused-ring (bicyclic) bond motifs is 5. The van der Waals surface area contributed by atoms with Gasteiger partial charge in [-0.25, -0.2) is 0 Å². The Kier molecular flexibility index (Phi) is 6.30. The zero-order chi connectivity index (χ0) is 23.6. The quantitative estimate of drug-likeness (QED) is 0.484. The Hall–Kier alpha value is -0.640. The number of allylic oxidation sites excluding steroid dienone is 3. The van der Waals surface area contributed by atoms with Gasteiger partial charge in [-0.15, -0.1) is 0 Å². The van der Waals surface area contributed by atoms with Crippen LogP contribution in [0.2, 0.25) is 0 Å². The zero-order valence-electron chi connectivity index (χ0n) is 21.3. The van der Waals surface area contributed by atoms with E-state index in [-0.39, 0.29) is 34.7 Å². The summed E-state index contributed by atoms with van der Waals surface area (Å²) in [7, 11) is 0. The molecule has 4 rings (SSSR count). The average Bonchev–Trinajstić information content (AvgIpc) is 3.06. The van der Waals surface area contributed by atoms with Crippen molar-refractivity contribution in [3.05, 3.63) is 24.3 Å². The van der Waals surface area contributed by atoms with E-state index in [4.69, 9.17) is 0 Å². The highest BCUT2D eigenvalue weighted by molar-refractivity contribution is 5.22. The summed E-state index contributed by atoms with van der Waals surface area (Å²) in [4.78, 5) is 0. The van der Waals surface area contributed by atoms with Crippen LogP contribution in [0.15, 0.2) is 24.3 Å². The summed E-state index contributed by atoms with van der Waals surface area (Å²) < 4.78 is 0. The summed E-state index contributed by atoms with van der Waals surface area (Å²) in [5.41, 5.74) is 0.236. The lowest BCUT2D eigenvalue weighted by Gasteiger charge is -2.67. The van der Waals surface area contributed by atoms with Gasteiger partial charge in [0.15, 0.2) is 0 Å². The van der Waals surface area contributed by atoms with Gasteiger partial charge < -0.3 is 15.3 Å². The SMILES string of the molecule is C=C(/C=C/[C@@H](C)[C@H]1CC[C@@H]2[C@]1(C)C[C@H](O)[C@@H]1[C@@]3(C)CC[C@H](O)[C@@H](C)[C@@H]3CC[C@@]21O)C(C)C. The minimum atomic E-state index is -0.792. The number of hydrogen-bond donors (Lipinski definition) is 3. The summed E-state index contributed by atoms with van der Waals surface area (Å²) in [6, 6.07) is 0. The first-order chi connectivity index (χ1) is 14.9. The van der Waals surface area contributed by atoms with Gasteiger partial charge in [-0.2, -0.15) is 0 Å². The molecule has 4 saturated carbocycles. The second-order valence-corrected chi connectivity index (χ2v) is 13.0. The normalized spacial score (nSPS) is 51.9. The summed E-state index contributed by atoms with van der Waals surface area (Å²) in [6.45, 7) is 17.7. The van der Waals surface area contributed by atoms with Crippen molar-refractivity contribution in [1.82, 2.24) is 0 Å². The Morgan fingerprint density at radius 3 is 2.31 bits per heavy atom. The van der Waals surface area contributed by atoms with Gasteiger partial charge in [0.2, 0.25) is 0 Å². The molecule has 4 aliphatic carbocycles. The van der Waals surface area contributed by atoms with Gasteiger partial charge in [0.1, 0.15) is 0 Å². The van der Waals surface area contributed by atoms with E-state index in [2.05, 4.69) is 60.3 Å². The molecule has 0 aromatic heterocycles. The van der Waals surface area contributed by atoms with Gasteiger partial charge >= 0.3 is 0 Å². The highest BCUT2D eigenvalue weighted by atomic mass is 16.3. The van der Waals surface area contributed by atoms with Crippen molar-refractivity contribution in [3.8, 4) is 0 Å². The van der Waals surface area contributed by atoms with Crippen molar-refractivity contribution in [2.45, 2.75) is 104 Å². The largest absolute Gasteiger partial charge is 0.393 e. The van der Waals surface area contributed by atoms with Crippen molar-refractivity contribution in [2.24, 2.45) is 52.3 Å². The Morgan fingerprint density at radius 1 is 0.969 bits per heavy atom. The molecule has 0 radical (unpaired) electrons. The molecule has 0 aromatic rings. The van der Waals surface area contributed by atoms with Crippen LogP contribution in [0.4, 0.5) is 0 Å². The first-order valence-corrected chi connectivity index (χ1v) is 13.3. The Morgan fingerprint density at radius 2 is 1.66 bits per heavy atom. The van der Waals surface area contributed by atoms with Crippen molar-refractivity contribution in [2.75, 3.05) is 0 Å². The molecule has 0 bridgehead atoms. The maximum atomic E-state index is 12.4. The van der Waals surface area contributed by atoms with Crippen LogP contribution in [0.25, 0.3) is 0 Å². The summed E-state index contributed by atoms with van der Waals surface area (Å²) in [5, 5.41) is 34.6. The lowest BCUT2D eigenvalue weighted by molar-refractivity contribution is -0.267. The number of aliphatic hydroxyl groups is 3. The van der Waals surface area contributed by atoms with E-state index in [9.17, 15) is 15.3 Å². The second kappa shape index (κ2) is 8.24. The average molecular weight is 445 g/mol. The third-order valence-electron chi connectivity index (χ3n) is 11.2. The highest BCUT2D eigenvalue weighted by Crippen LogP contribution is 2.70. The van der Waals surface area contributed by atoms with E-state index in [1.165, 1.54) is 5.57 Å². The fourth-order valence-corrected chi connectivity index (χ4v) is 9.44. The zero-order valence-corrected chi connectivity index (χ0v) is 21.3. The van der Waals surface area contributed by atoms with E-state index >= 15 is 0 Å². The summed E-state index contributed by atoms with van der Waals surface area (Å²) in [6.07, 6.45) is 10.2. The molecule has 0 unspecified atom stereocenters. The molecule has 3 nitrogen and oxygen atoms in total. The Bertz CT molecular complexity index is 758. The van der Waals surface area contributed by atoms with E-state index in [0.29, 0.717) is 23.7 Å². The number of aliphatic hydroxyl groups excluding tert-OH is 2. The van der Waals surface area contributed by atoms with Crippen LogP contribution in [0.5, 0.6) is 0 Å². The van der Waals surface area contributed by atoms with Crippen LogP contribution in [-0.4, -0.2) is 33.1 Å². The first kappa shape index (κ1) is 24.5. The van der Waals surface area contributed by atoms with E-state index < -0.39 is 11.7 Å². The lowest BCUT2D eigenvalue weighted by atomic mass is 9.40. The third-order valence-corrected chi connectivity index (χ3v) is 11.2. The molecule has 3 heteroatoms. The van der Waals surface area contributed by atoms with Gasteiger partial charge in [0.05, 0.1) is 17.8 Å². The minimum absolute atomic E-state index is 0.0451. The van der Waals surface area contributed by atoms with Gasteiger partial charge in [-0.05, 0) is 91.3 Å². The van der Waals surface area contributed by atoms with E-state index in [1.807, 2.05) is 0 Å². The maximum Gasteiger partial charge on any atom is 0.0739 e. The van der Waals surface area contributed by atoms with E-state index in [1.54, 1.807) is 0 Å². The van der Waals surface area contributed by atoms with E-state index in [0.717, 1.165) is 44.9 Å². The molecule has 4 aliphatic rings. The second-order valence-electron chi connectivity index (χ2n) is 13.0. The lowest BCUT2D eigenvalue weighted by Crippen LogP contribution is -2.69. The first-order valence-electron chi connectivity index (χ1n) is 13.3. The maximum absolute atomic E-state index is 12.4. The van der Waals surface area contributed by atoms with Gasteiger partial charge in [-0.1, -0.05) is 65.8 Å². The highest BCUT2D eigenvalue weighted by Gasteiger charge is 2.70. The molecular weight excluding hydrogens is 396 g/mol. The van der Waals surface area contributed by atoms with Crippen LogP contribution in [-0.2, 0) is 0 Å². The number of rotatable bonds is 4. The third kappa shape index (κ3) is 3.48. The summed E-state index contributed by atoms with van der Waals surface area (Å²) in [5.74, 6) is 2.14. The minimum Gasteiger partial charge on any atom is -0.393 e. The van der Waals surface area contributed by atoms with Crippen molar-refractivity contribution >= 4 is 0 Å². The van der Waals surface area contributed by atoms with Gasteiger partial charge in [-0.3, -0.25) is 0 Å². The van der Waals surface area contributed by atoms with Crippen LogP contribution >= 0.6 is 0 Å². The predicted molar refractivity (Wildman–Crippen MR) is 131 cm³/mol. The molecule has 0 aliphatic heterocycles. The molecule has 0 heterocycles.